The fraction of sp³-hybridized carbons (Fsp3) is 0.292. The summed E-state index contributed by atoms with van der Waals surface area (Å²) in [4.78, 5) is 24.1. The molecule has 184 valence electrons. The van der Waals surface area contributed by atoms with E-state index in [2.05, 4.69) is 25.5 Å². The van der Waals surface area contributed by atoms with Crippen LogP contribution in [0.25, 0.3) is 0 Å². The molecule has 0 bridgehead atoms. The van der Waals surface area contributed by atoms with Crippen LogP contribution in [0.3, 0.4) is 0 Å². The molecule has 1 atom stereocenters. The lowest BCUT2D eigenvalue weighted by molar-refractivity contribution is 0.102. The molecule has 4 rings (SSSR count). The lowest BCUT2D eigenvalue weighted by Crippen LogP contribution is -2.36. The Balaban J connectivity index is 1.46. The number of ether oxygens (including phenoxy) is 1. The minimum atomic E-state index is -3.32. The maximum absolute atomic E-state index is 12.8. The molecular formula is C24H28N6O4S. The number of carbonyl (C=O) groups excluding carboxylic acids is 1. The van der Waals surface area contributed by atoms with E-state index >= 15 is 0 Å². The van der Waals surface area contributed by atoms with Gasteiger partial charge in [0, 0.05) is 36.2 Å². The van der Waals surface area contributed by atoms with Gasteiger partial charge in [-0.25, -0.2) is 14.0 Å². The Morgan fingerprint density at radius 2 is 1.91 bits per heavy atom. The highest BCUT2D eigenvalue weighted by Crippen LogP contribution is 2.24. The molecule has 2 heterocycles. The first-order chi connectivity index (χ1) is 16.9. The number of carbonyl (C=O) groups is 1. The van der Waals surface area contributed by atoms with Crippen LogP contribution in [0.5, 0.6) is 0 Å². The van der Waals surface area contributed by atoms with Gasteiger partial charge in [0.05, 0.1) is 24.7 Å². The van der Waals surface area contributed by atoms with E-state index in [9.17, 15) is 9.00 Å². The molecule has 3 aromatic rings. The molecule has 1 aliphatic heterocycles. The van der Waals surface area contributed by atoms with Gasteiger partial charge in [-0.1, -0.05) is 6.07 Å². The molecule has 0 radical (unpaired) electrons. The number of anilines is 4. The topological polar surface area (TPSA) is 130 Å². The van der Waals surface area contributed by atoms with Crippen LogP contribution in [0.15, 0.2) is 59.6 Å². The molecule has 0 saturated carbocycles. The van der Waals surface area contributed by atoms with Crippen LogP contribution in [0.2, 0.25) is 0 Å². The summed E-state index contributed by atoms with van der Waals surface area (Å²) >= 11 is 0. The molecular weight excluding hydrogens is 468 g/mol. The number of nitrogens with one attached hydrogen (secondary N) is 3. The minimum absolute atomic E-state index is 0.164. The molecule has 1 aliphatic rings. The molecule has 11 heteroatoms. The second kappa shape index (κ2) is 10.8. The molecule has 2 aromatic carbocycles. The smallest absolute Gasteiger partial charge is 0.255 e. The van der Waals surface area contributed by atoms with E-state index in [0.29, 0.717) is 30.4 Å². The number of nitrogens with zero attached hydrogens (tertiary/aromatic N) is 3. The molecule has 0 spiro atoms. The number of amides is 1. The zero-order valence-electron chi connectivity index (χ0n) is 19.6. The van der Waals surface area contributed by atoms with Gasteiger partial charge >= 0.3 is 0 Å². The zero-order chi connectivity index (χ0) is 24.8. The molecule has 35 heavy (non-hydrogen) atoms. The summed E-state index contributed by atoms with van der Waals surface area (Å²) in [5, 5.41) is 6.11. The van der Waals surface area contributed by atoms with Crippen molar-refractivity contribution in [3.8, 4) is 0 Å². The number of benzene rings is 2. The summed E-state index contributed by atoms with van der Waals surface area (Å²) in [5.74, 6) is 0.964. The summed E-state index contributed by atoms with van der Waals surface area (Å²) in [6.45, 7) is 6.70. The van der Waals surface area contributed by atoms with Gasteiger partial charge in [-0.3, -0.25) is 8.98 Å². The van der Waals surface area contributed by atoms with Crippen molar-refractivity contribution in [2.75, 3.05) is 48.4 Å². The summed E-state index contributed by atoms with van der Waals surface area (Å²) < 4.78 is 30.4. The maximum Gasteiger partial charge on any atom is 0.255 e. The third kappa shape index (κ3) is 6.13. The van der Waals surface area contributed by atoms with Crippen molar-refractivity contribution in [1.82, 2.24) is 9.97 Å². The Bertz CT molecular complexity index is 1290. The first-order valence-electron chi connectivity index (χ1n) is 11.2. The first-order valence-corrected chi connectivity index (χ1v) is 12.7. The predicted molar refractivity (Wildman–Crippen MR) is 135 cm³/mol. The number of hydrogen-bond donors (Lipinski definition) is 3. The van der Waals surface area contributed by atoms with Gasteiger partial charge < -0.3 is 20.3 Å². The molecule has 0 aliphatic carbocycles. The number of morpholine rings is 1. The van der Waals surface area contributed by atoms with Gasteiger partial charge in [-0.2, -0.15) is 4.98 Å². The van der Waals surface area contributed by atoms with Crippen LogP contribution in [-0.4, -0.2) is 53.0 Å². The van der Waals surface area contributed by atoms with Gasteiger partial charge in [-0.05, 0) is 61.9 Å². The predicted octanol–water partition coefficient (Wildman–Crippen LogP) is 3.97. The van der Waals surface area contributed by atoms with Crippen LogP contribution >= 0.6 is 0 Å². The largest absolute Gasteiger partial charge is 0.378 e. The molecule has 10 nitrogen and oxygen atoms in total. The van der Waals surface area contributed by atoms with Crippen molar-refractivity contribution in [3.63, 3.8) is 0 Å². The Hall–Kier alpha value is -3.54. The molecule has 1 unspecified atom stereocenters. The Morgan fingerprint density at radius 1 is 1.17 bits per heavy atom. The van der Waals surface area contributed by atoms with E-state index in [1.54, 1.807) is 13.1 Å². The average Bonchev–Trinajstić information content (AvgIpc) is 2.87. The second-order valence-corrected chi connectivity index (χ2v) is 9.60. The highest BCUT2D eigenvalue weighted by molar-refractivity contribution is 7.87. The van der Waals surface area contributed by atoms with Crippen LogP contribution in [-0.2, 0) is 18.9 Å². The van der Waals surface area contributed by atoms with Crippen LogP contribution in [0.1, 0.15) is 22.8 Å². The molecule has 1 aromatic heterocycles. The van der Waals surface area contributed by atoms with Crippen LogP contribution < -0.4 is 15.5 Å². The van der Waals surface area contributed by atoms with Gasteiger partial charge in [0.2, 0.25) is 5.95 Å². The molecule has 1 fully saturated rings. The Kier molecular flexibility index (Phi) is 7.59. The Morgan fingerprint density at radius 3 is 2.63 bits per heavy atom. The fourth-order valence-electron chi connectivity index (χ4n) is 3.56. The van der Waals surface area contributed by atoms with E-state index in [4.69, 9.17) is 13.7 Å². The van der Waals surface area contributed by atoms with E-state index < -0.39 is 10.0 Å². The molecule has 1 saturated heterocycles. The van der Waals surface area contributed by atoms with Crippen molar-refractivity contribution < 1.29 is 17.9 Å². The van der Waals surface area contributed by atoms with Gasteiger partial charge in [0.15, 0.2) is 10.0 Å². The van der Waals surface area contributed by atoms with Crippen LogP contribution in [0, 0.1) is 11.7 Å². The third-order valence-corrected chi connectivity index (χ3v) is 6.89. The van der Waals surface area contributed by atoms with Crippen molar-refractivity contribution in [1.29, 1.82) is 4.78 Å². The van der Waals surface area contributed by atoms with Crippen molar-refractivity contribution >= 4 is 39.1 Å². The highest BCUT2D eigenvalue weighted by atomic mass is 32.2. The summed E-state index contributed by atoms with van der Waals surface area (Å²) in [6.07, 6.45) is 1.71. The summed E-state index contributed by atoms with van der Waals surface area (Å²) in [7, 11) is -3.32. The van der Waals surface area contributed by atoms with Crippen LogP contribution in [0.4, 0.5) is 23.1 Å². The number of hydrogen-bond acceptors (Lipinski definition) is 9. The number of rotatable bonds is 8. The average molecular weight is 497 g/mol. The first kappa shape index (κ1) is 24.6. The maximum atomic E-state index is 12.8. The van der Waals surface area contributed by atoms with Gasteiger partial charge in [0.25, 0.3) is 5.91 Å². The van der Waals surface area contributed by atoms with E-state index in [-0.39, 0.29) is 17.4 Å². The summed E-state index contributed by atoms with van der Waals surface area (Å²) in [6, 6.07) is 13.4. The standard InChI is InChI=1S/C24H28N6O4S/c1-3-34-35(25,32)20-8-5-18(6-9-20)23(31)27-19-7-4-17(2)21(16-19)28-24-26-11-10-22(29-24)30-12-14-33-15-13-30/h4-11,16,25H,3,12-15H2,1-2H3,(H,27,31)(H,26,28,29). The van der Waals surface area contributed by atoms with E-state index in [1.165, 1.54) is 24.3 Å². The minimum Gasteiger partial charge on any atom is -0.378 e. The number of aryl methyl sites for hydroxylation is 1. The normalized spacial score (nSPS) is 15.3. The number of aromatic nitrogens is 2. The van der Waals surface area contributed by atoms with Crippen molar-refractivity contribution in [2.24, 2.45) is 0 Å². The Labute approximate surface area is 204 Å². The molecule has 1 amide bonds. The van der Waals surface area contributed by atoms with E-state index in [1.807, 2.05) is 31.2 Å². The van der Waals surface area contributed by atoms with E-state index in [0.717, 1.165) is 30.2 Å². The fourth-order valence-corrected chi connectivity index (χ4v) is 4.52. The monoisotopic (exact) mass is 496 g/mol. The molecule has 3 N–H and O–H groups in total. The zero-order valence-corrected chi connectivity index (χ0v) is 20.4. The lowest BCUT2D eigenvalue weighted by atomic mass is 10.1. The third-order valence-electron chi connectivity index (χ3n) is 5.43. The SMILES string of the molecule is CCOS(=N)(=O)c1ccc(C(=O)Nc2ccc(C)c(Nc3nccc(N4CCOCC4)n3)c2)cc1. The highest BCUT2D eigenvalue weighted by Gasteiger charge is 2.15. The van der Waals surface area contributed by atoms with Gasteiger partial charge in [0.1, 0.15) is 5.82 Å². The van der Waals surface area contributed by atoms with Crippen molar-refractivity contribution in [2.45, 2.75) is 18.7 Å². The second-order valence-electron chi connectivity index (χ2n) is 7.88. The lowest BCUT2D eigenvalue weighted by Gasteiger charge is -2.27. The quantitative estimate of drug-likeness (QED) is 0.427. The summed E-state index contributed by atoms with van der Waals surface area (Å²) in [5.41, 5.74) is 2.70. The van der Waals surface area contributed by atoms with Gasteiger partial charge in [-0.15, -0.1) is 0 Å². The van der Waals surface area contributed by atoms with Crippen molar-refractivity contribution in [3.05, 3.63) is 65.9 Å².